The summed E-state index contributed by atoms with van der Waals surface area (Å²) in [4.78, 5) is 20.5. The Kier molecular flexibility index (Phi) is 5.97. The first-order valence-electron chi connectivity index (χ1n) is 11.4. The molecule has 0 bridgehead atoms. The highest BCUT2D eigenvalue weighted by atomic mass is 32.2. The van der Waals surface area contributed by atoms with Crippen LogP contribution in [-0.4, -0.2) is 22.7 Å². The van der Waals surface area contributed by atoms with Crippen molar-refractivity contribution in [1.29, 1.82) is 0 Å². The third kappa shape index (κ3) is 4.23. The van der Waals surface area contributed by atoms with Crippen LogP contribution in [0.4, 0.5) is 11.4 Å². The lowest BCUT2D eigenvalue weighted by molar-refractivity contribution is -0.115. The molecule has 32 heavy (non-hydrogen) atoms. The van der Waals surface area contributed by atoms with Crippen LogP contribution in [0, 0.1) is 13.8 Å². The number of anilines is 1. The SMILES string of the molecule is Cc1cccc(N=C2NC(=O)/C(=C/c3ccc4c(c3)C(C)CC(C)(C)N4C(C)C)S2)c1C. The van der Waals surface area contributed by atoms with E-state index in [-0.39, 0.29) is 11.4 Å². The van der Waals surface area contributed by atoms with Gasteiger partial charge < -0.3 is 10.2 Å². The molecule has 1 fully saturated rings. The van der Waals surface area contributed by atoms with Crippen LogP contribution in [0.25, 0.3) is 6.08 Å². The maximum Gasteiger partial charge on any atom is 0.264 e. The molecule has 2 aromatic rings. The summed E-state index contributed by atoms with van der Waals surface area (Å²) in [7, 11) is 0. The molecule has 0 saturated carbocycles. The minimum atomic E-state index is -0.0882. The van der Waals surface area contributed by atoms with Crippen molar-refractivity contribution in [3.05, 3.63) is 63.6 Å². The summed E-state index contributed by atoms with van der Waals surface area (Å²) < 4.78 is 0. The van der Waals surface area contributed by atoms with E-state index in [0.717, 1.165) is 23.2 Å². The van der Waals surface area contributed by atoms with Crippen molar-refractivity contribution in [2.24, 2.45) is 4.99 Å². The van der Waals surface area contributed by atoms with Crippen molar-refractivity contribution in [3.8, 4) is 0 Å². The molecule has 1 saturated heterocycles. The molecule has 1 amide bonds. The maximum atomic E-state index is 12.6. The average molecular weight is 448 g/mol. The molecule has 168 valence electrons. The first kappa shape index (κ1) is 22.7. The number of nitrogens with one attached hydrogen (secondary N) is 1. The van der Waals surface area contributed by atoms with Gasteiger partial charge in [-0.3, -0.25) is 4.79 Å². The highest BCUT2D eigenvalue weighted by molar-refractivity contribution is 8.18. The molecule has 1 atom stereocenters. The van der Waals surface area contributed by atoms with Crippen LogP contribution < -0.4 is 10.2 Å². The Hall–Kier alpha value is -2.53. The number of fused-ring (bicyclic) bond motifs is 1. The third-order valence-corrected chi connectivity index (χ3v) is 7.47. The number of amides is 1. The highest BCUT2D eigenvalue weighted by Gasteiger charge is 2.37. The van der Waals surface area contributed by atoms with E-state index in [1.807, 2.05) is 18.2 Å². The van der Waals surface area contributed by atoms with E-state index in [4.69, 9.17) is 0 Å². The zero-order valence-corrected chi connectivity index (χ0v) is 20.9. The number of carbonyl (C=O) groups excluding carboxylic acids is 1. The molecule has 2 aromatic carbocycles. The molecule has 2 heterocycles. The Bertz CT molecular complexity index is 1130. The number of nitrogens with zero attached hydrogens (tertiary/aromatic N) is 2. The van der Waals surface area contributed by atoms with Crippen LogP contribution in [0.5, 0.6) is 0 Å². The van der Waals surface area contributed by atoms with Gasteiger partial charge >= 0.3 is 0 Å². The standard InChI is InChI=1S/C27H33N3OS/c1-16(2)30-23-12-11-20(13-21(23)18(4)15-27(30,6)7)14-24-25(31)29-26(32-24)28-22-10-8-9-17(3)19(22)5/h8-14,16,18H,15H2,1-7H3,(H,28,29,31)/b24-14-. The summed E-state index contributed by atoms with van der Waals surface area (Å²) in [6.07, 6.45) is 3.10. The Balaban J connectivity index is 1.64. The molecule has 0 aromatic heterocycles. The summed E-state index contributed by atoms with van der Waals surface area (Å²) in [6.45, 7) is 15.6. The summed E-state index contributed by atoms with van der Waals surface area (Å²) in [5.74, 6) is 0.384. The van der Waals surface area contributed by atoms with E-state index in [1.165, 1.54) is 28.6 Å². The maximum absolute atomic E-state index is 12.6. The molecule has 0 spiro atoms. The second-order valence-corrected chi connectivity index (χ2v) is 10.9. The molecule has 1 unspecified atom stereocenters. The molecule has 2 aliphatic rings. The predicted octanol–water partition coefficient (Wildman–Crippen LogP) is 6.70. The fourth-order valence-corrected chi connectivity index (χ4v) is 5.97. The Labute approximate surface area is 196 Å². The molecule has 4 rings (SSSR count). The lowest BCUT2D eigenvalue weighted by Gasteiger charge is -2.50. The molecule has 5 heteroatoms. The van der Waals surface area contributed by atoms with Gasteiger partial charge in [0.15, 0.2) is 5.17 Å². The van der Waals surface area contributed by atoms with Crippen molar-refractivity contribution in [2.75, 3.05) is 4.90 Å². The fraction of sp³-hybridized carbons (Fsp3) is 0.407. The summed E-state index contributed by atoms with van der Waals surface area (Å²) in [5.41, 5.74) is 7.08. The first-order chi connectivity index (χ1) is 15.1. The van der Waals surface area contributed by atoms with Gasteiger partial charge in [0.2, 0.25) is 0 Å². The number of thioether (sulfide) groups is 1. The van der Waals surface area contributed by atoms with Crippen LogP contribution in [0.2, 0.25) is 0 Å². The van der Waals surface area contributed by atoms with E-state index < -0.39 is 0 Å². The molecular weight excluding hydrogens is 414 g/mol. The van der Waals surface area contributed by atoms with Crippen LogP contribution in [-0.2, 0) is 4.79 Å². The largest absolute Gasteiger partial charge is 0.364 e. The van der Waals surface area contributed by atoms with Crippen molar-refractivity contribution < 1.29 is 4.79 Å². The van der Waals surface area contributed by atoms with Gasteiger partial charge in [0, 0.05) is 17.3 Å². The number of aliphatic imine (C=N–C) groups is 1. The van der Waals surface area contributed by atoms with Gasteiger partial charge in [0.05, 0.1) is 10.6 Å². The van der Waals surface area contributed by atoms with Gasteiger partial charge in [-0.2, -0.15) is 0 Å². The fourth-order valence-electron chi connectivity index (χ4n) is 5.14. The summed E-state index contributed by atoms with van der Waals surface area (Å²) >= 11 is 1.41. The van der Waals surface area contributed by atoms with Crippen LogP contribution in [0.3, 0.4) is 0 Å². The van der Waals surface area contributed by atoms with E-state index in [0.29, 0.717) is 22.0 Å². The number of amidine groups is 1. The molecule has 1 N–H and O–H groups in total. The van der Waals surface area contributed by atoms with Gasteiger partial charge in [-0.1, -0.05) is 25.1 Å². The molecule has 0 aliphatic carbocycles. The molecule has 0 radical (unpaired) electrons. The zero-order valence-electron chi connectivity index (χ0n) is 20.1. The number of hydrogen-bond donors (Lipinski definition) is 1. The lowest BCUT2D eigenvalue weighted by atomic mass is 9.79. The van der Waals surface area contributed by atoms with E-state index in [2.05, 4.69) is 87.9 Å². The van der Waals surface area contributed by atoms with Crippen molar-refractivity contribution in [1.82, 2.24) is 5.32 Å². The molecule has 4 nitrogen and oxygen atoms in total. The van der Waals surface area contributed by atoms with Gasteiger partial charge in [-0.25, -0.2) is 4.99 Å². The number of aryl methyl sites for hydroxylation is 1. The predicted molar refractivity (Wildman–Crippen MR) is 138 cm³/mol. The van der Waals surface area contributed by atoms with Crippen LogP contribution in [0.15, 0.2) is 46.3 Å². The first-order valence-corrected chi connectivity index (χ1v) is 12.2. The number of carbonyl (C=O) groups is 1. The minimum Gasteiger partial charge on any atom is -0.364 e. The average Bonchev–Trinajstić information content (AvgIpc) is 3.04. The van der Waals surface area contributed by atoms with Gasteiger partial charge in [-0.05, 0) is 112 Å². The number of rotatable bonds is 3. The third-order valence-electron chi connectivity index (χ3n) is 6.56. The van der Waals surface area contributed by atoms with Gasteiger partial charge in [0.1, 0.15) is 0 Å². The smallest absolute Gasteiger partial charge is 0.264 e. The quantitative estimate of drug-likeness (QED) is 0.533. The topological polar surface area (TPSA) is 44.7 Å². The van der Waals surface area contributed by atoms with Crippen molar-refractivity contribution >= 4 is 40.3 Å². The normalized spacial score (nSPS) is 22.6. The van der Waals surface area contributed by atoms with Crippen LogP contribution >= 0.6 is 11.8 Å². The Morgan fingerprint density at radius 1 is 1.22 bits per heavy atom. The second-order valence-electron chi connectivity index (χ2n) is 9.90. The van der Waals surface area contributed by atoms with Gasteiger partial charge in [-0.15, -0.1) is 0 Å². The lowest BCUT2D eigenvalue weighted by Crippen LogP contribution is -2.51. The second kappa shape index (κ2) is 8.43. The molecule has 2 aliphatic heterocycles. The highest BCUT2D eigenvalue weighted by Crippen LogP contribution is 2.45. The van der Waals surface area contributed by atoms with Gasteiger partial charge in [0.25, 0.3) is 5.91 Å². The Morgan fingerprint density at radius 2 is 1.97 bits per heavy atom. The summed E-state index contributed by atoms with van der Waals surface area (Å²) in [5, 5.41) is 3.55. The monoisotopic (exact) mass is 447 g/mol. The van der Waals surface area contributed by atoms with Crippen LogP contribution in [0.1, 0.15) is 69.2 Å². The number of hydrogen-bond acceptors (Lipinski definition) is 4. The van der Waals surface area contributed by atoms with Crippen molar-refractivity contribution in [3.63, 3.8) is 0 Å². The summed E-state index contributed by atoms with van der Waals surface area (Å²) in [6, 6.07) is 13.1. The van der Waals surface area contributed by atoms with E-state index in [1.54, 1.807) is 0 Å². The van der Waals surface area contributed by atoms with E-state index in [9.17, 15) is 4.79 Å². The zero-order chi connectivity index (χ0) is 23.2. The Morgan fingerprint density at radius 3 is 2.69 bits per heavy atom. The molecular formula is C27H33N3OS. The minimum absolute atomic E-state index is 0.0882. The van der Waals surface area contributed by atoms with Crippen molar-refractivity contribution in [2.45, 2.75) is 72.4 Å². The number of benzene rings is 2. The van der Waals surface area contributed by atoms with E-state index >= 15 is 0 Å².